The summed E-state index contributed by atoms with van der Waals surface area (Å²) in [6.07, 6.45) is 2.82. The average Bonchev–Trinajstić information content (AvgIpc) is 2.64. The SMILES string of the molecule is CN(CCO)C(=O)CCCCCN1C(=O)CC(S)C1=O. The van der Waals surface area contributed by atoms with Crippen molar-refractivity contribution >= 4 is 30.4 Å². The number of likely N-dealkylation sites (tertiary alicyclic amines) is 1. The number of aliphatic hydroxyl groups is 1. The van der Waals surface area contributed by atoms with Crippen LogP contribution in [0.5, 0.6) is 0 Å². The minimum atomic E-state index is -0.490. The highest BCUT2D eigenvalue weighted by Crippen LogP contribution is 2.18. The maximum atomic E-state index is 11.6. The van der Waals surface area contributed by atoms with E-state index in [1.165, 1.54) is 9.80 Å². The summed E-state index contributed by atoms with van der Waals surface area (Å²) in [5.41, 5.74) is 0. The number of amides is 3. The molecule has 0 radical (unpaired) electrons. The minimum absolute atomic E-state index is 0.00259. The van der Waals surface area contributed by atoms with Gasteiger partial charge in [0.05, 0.1) is 11.9 Å². The molecule has 7 heteroatoms. The lowest BCUT2D eigenvalue weighted by Gasteiger charge is -2.16. The van der Waals surface area contributed by atoms with Crippen molar-refractivity contribution in [3.8, 4) is 0 Å². The Hall–Kier alpha value is -1.08. The molecule has 0 aromatic heterocycles. The molecule has 1 saturated heterocycles. The molecular weight excluding hydrogens is 280 g/mol. The Morgan fingerprint density at radius 2 is 2.10 bits per heavy atom. The second-order valence-electron chi connectivity index (χ2n) is 4.95. The van der Waals surface area contributed by atoms with Gasteiger partial charge in [0.15, 0.2) is 0 Å². The highest BCUT2D eigenvalue weighted by atomic mass is 32.1. The van der Waals surface area contributed by atoms with Crippen LogP contribution in [0.25, 0.3) is 0 Å². The molecule has 0 bridgehead atoms. The van der Waals surface area contributed by atoms with Crippen LogP contribution >= 0.6 is 12.6 Å². The van der Waals surface area contributed by atoms with Crippen LogP contribution in [0.1, 0.15) is 32.1 Å². The molecule has 1 heterocycles. The van der Waals surface area contributed by atoms with Gasteiger partial charge in [0, 0.05) is 33.0 Å². The van der Waals surface area contributed by atoms with E-state index < -0.39 is 5.25 Å². The predicted molar refractivity (Wildman–Crippen MR) is 77.3 cm³/mol. The first-order valence-corrected chi connectivity index (χ1v) is 7.36. The zero-order chi connectivity index (χ0) is 15.1. The smallest absolute Gasteiger partial charge is 0.242 e. The molecular formula is C13H22N2O4S. The summed E-state index contributed by atoms with van der Waals surface area (Å²) in [5.74, 6) is -0.367. The number of hydrogen-bond donors (Lipinski definition) is 2. The molecule has 0 aromatic rings. The van der Waals surface area contributed by atoms with Gasteiger partial charge < -0.3 is 10.0 Å². The van der Waals surface area contributed by atoms with E-state index >= 15 is 0 Å². The highest BCUT2D eigenvalue weighted by Gasteiger charge is 2.35. The molecule has 6 nitrogen and oxygen atoms in total. The number of aliphatic hydroxyl groups excluding tert-OH is 1. The molecule has 20 heavy (non-hydrogen) atoms. The molecule has 0 aliphatic carbocycles. The molecule has 1 aliphatic heterocycles. The Kier molecular flexibility index (Phi) is 7.01. The van der Waals surface area contributed by atoms with Crippen LogP contribution in [0.3, 0.4) is 0 Å². The molecule has 0 saturated carbocycles. The van der Waals surface area contributed by atoms with Gasteiger partial charge in [-0.25, -0.2) is 0 Å². The molecule has 114 valence electrons. The third kappa shape index (κ3) is 4.79. The Balaban J connectivity index is 2.15. The molecule has 1 atom stereocenters. The van der Waals surface area contributed by atoms with Crippen molar-refractivity contribution in [3.63, 3.8) is 0 Å². The molecule has 1 N–H and O–H groups in total. The van der Waals surface area contributed by atoms with Gasteiger partial charge in [0.1, 0.15) is 0 Å². The van der Waals surface area contributed by atoms with Crippen LogP contribution in [0, 0.1) is 0 Å². The number of thiol groups is 1. The Labute approximate surface area is 124 Å². The quantitative estimate of drug-likeness (QED) is 0.377. The van der Waals surface area contributed by atoms with Crippen molar-refractivity contribution in [1.29, 1.82) is 0 Å². The predicted octanol–water partition coefficient (Wildman–Crippen LogP) is 0.0548. The Morgan fingerprint density at radius 1 is 1.40 bits per heavy atom. The number of nitrogens with zero attached hydrogens (tertiary/aromatic N) is 2. The number of rotatable bonds is 8. The van der Waals surface area contributed by atoms with E-state index in [0.29, 0.717) is 25.9 Å². The number of imide groups is 1. The number of hydrogen-bond acceptors (Lipinski definition) is 5. The lowest BCUT2D eigenvalue weighted by molar-refractivity contribution is -0.138. The summed E-state index contributed by atoms with van der Waals surface area (Å²) in [4.78, 5) is 37.4. The summed E-state index contributed by atoms with van der Waals surface area (Å²) >= 11 is 4.06. The molecule has 0 spiro atoms. The van der Waals surface area contributed by atoms with E-state index in [4.69, 9.17) is 5.11 Å². The van der Waals surface area contributed by atoms with Crippen molar-refractivity contribution < 1.29 is 19.5 Å². The lowest BCUT2D eigenvalue weighted by atomic mass is 10.1. The van der Waals surface area contributed by atoms with Crippen LogP contribution in [0.4, 0.5) is 0 Å². The first kappa shape index (κ1) is 17.0. The molecule has 0 aromatic carbocycles. The second-order valence-corrected chi connectivity index (χ2v) is 5.58. The first-order chi connectivity index (χ1) is 9.47. The normalized spacial score (nSPS) is 18.8. The van der Waals surface area contributed by atoms with Gasteiger partial charge in [-0.2, -0.15) is 12.6 Å². The topological polar surface area (TPSA) is 77.9 Å². The number of likely N-dealkylation sites (N-methyl/N-ethyl adjacent to an activating group) is 1. The molecule has 1 unspecified atom stereocenters. The van der Waals surface area contributed by atoms with Gasteiger partial charge >= 0.3 is 0 Å². The Morgan fingerprint density at radius 3 is 2.65 bits per heavy atom. The lowest BCUT2D eigenvalue weighted by Crippen LogP contribution is -2.32. The molecule has 1 rings (SSSR count). The van der Waals surface area contributed by atoms with Crippen LogP contribution < -0.4 is 0 Å². The van der Waals surface area contributed by atoms with E-state index in [1.807, 2.05) is 0 Å². The summed E-state index contributed by atoms with van der Waals surface area (Å²) < 4.78 is 0. The standard InChI is InChI=1S/C13H22N2O4S/c1-14(7-8-16)11(17)5-3-2-4-6-15-12(18)9-10(20)13(15)19/h10,16,20H,2-9H2,1H3. The maximum absolute atomic E-state index is 11.6. The minimum Gasteiger partial charge on any atom is -0.395 e. The highest BCUT2D eigenvalue weighted by molar-refractivity contribution is 7.81. The van der Waals surface area contributed by atoms with E-state index in [-0.39, 0.29) is 30.7 Å². The molecule has 1 fully saturated rings. The summed E-state index contributed by atoms with van der Waals surface area (Å²) in [7, 11) is 1.66. The van der Waals surface area contributed by atoms with Crippen LogP contribution in [-0.2, 0) is 14.4 Å². The maximum Gasteiger partial charge on any atom is 0.242 e. The average molecular weight is 302 g/mol. The van der Waals surface area contributed by atoms with Crippen molar-refractivity contribution in [2.45, 2.75) is 37.4 Å². The van der Waals surface area contributed by atoms with E-state index in [2.05, 4.69) is 12.6 Å². The number of carbonyl (C=O) groups is 3. The van der Waals surface area contributed by atoms with Gasteiger partial charge in [-0.1, -0.05) is 6.42 Å². The van der Waals surface area contributed by atoms with E-state index in [0.717, 1.165) is 12.8 Å². The second kappa shape index (κ2) is 8.26. The van der Waals surface area contributed by atoms with Gasteiger partial charge in [0.2, 0.25) is 17.7 Å². The van der Waals surface area contributed by atoms with Crippen LogP contribution in [0.15, 0.2) is 0 Å². The summed E-state index contributed by atoms with van der Waals surface area (Å²) in [6, 6.07) is 0. The van der Waals surface area contributed by atoms with Crippen LogP contribution in [0.2, 0.25) is 0 Å². The van der Waals surface area contributed by atoms with Crippen molar-refractivity contribution in [1.82, 2.24) is 9.80 Å². The van der Waals surface area contributed by atoms with Gasteiger partial charge in [-0.05, 0) is 12.8 Å². The van der Waals surface area contributed by atoms with Gasteiger partial charge in [-0.3, -0.25) is 19.3 Å². The number of unbranched alkanes of at least 4 members (excludes halogenated alkanes) is 2. The fourth-order valence-electron chi connectivity index (χ4n) is 2.09. The fourth-order valence-corrected chi connectivity index (χ4v) is 2.38. The molecule has 1 aliphatic rings. The van der Waals surface area contributed by atoms with E-state index in [1.54, 1.807) is 7.05 Å². The fraction of sp³-hybridized carbons (Fsp3) is 0.769. The summed E-state index contributed by atoms with van der Waals surface area (Å²) in [6.45, 7) is 0.723. The number of carbonyl (C=O) groups excluding carboxylic acids is 3. The zero-order valence-electron chi connectivity index (χ0n) is 11.7. The van der Waals surface area contributed by atoms with Crippen LogP contribution in [-0.4, -0.2) is 64.6 Å². The summed E-state index contributed by atoms with van der Waals surface area (Å²) in [5, 5.41) is 8.23. The third-order valence-electron chi connectivity index (χ3n) is 3.35. The third-order valence-corrected chi connectivity index (χ3v) is 3.76. The Bertz CT molecular complexity index is 375. The monoisotopic (exact) mass is 302 g/mol. The first-order valence-electron chi connectivity index (χ1n) is 6.84. The van der Waals surface area contributed by atoms with E-state index in [9.17, 15) is 14.4 Å². The van der Waals surface area contributed by atoms with Crippen molar-refractivity contribution in [2.75, 3.05) is 26.7 Å². The van der Waals surface area contributed by atoms with Crippen molar-refractivity contribution in [3.05, 3.63) is 0 Å². The van der Waals surface area contributed by atoms with Crippen molar-refractivity contribution in [2.24, 2.45) is 0 Å². The van der Waals surface area contributed by atoms with Gasteiger partial charge in [-0.15, -0.1) is 0 Å². The largest absolute Gasteiger partial charge is 0.395 e. The molecule has 3 amide bonds. The van der Waals surface area contributed by atoms with Gasteiger partial charge in [0.25, 0.3) is 0 Å². The zero-order valence-corrected chi connectivity index (χ0v) is 12.6.